The van der Waals surface area contributed by atoms with Crippen molar-refractivity contribution in [2.24, 2.45) is 5.16 Å². The van der Waals surface area contributed by atoms with Gasteiger partial charge in [-0.15, -0.1) is 6.58 Å². The molecule has 0 aliphatic rings. The highest BCUT2D eigenvalue weighted by Crippen LogP contribution is 2.19. The Labute approximate surface area is 106 Å². The predicted molar refractivity (Wildman–Crippen MR) is 71.0 cm³/mol. The van der Waals surface area contributed by atoms with Crippen molar-refractivity contribution in [3.63, 3.8) is 0 Å². The summed E-state index contributed by atoms with van der Waals surface area (Å²) in [7, 11) is 2.80. The van der Waals surface area contributed by atoms with Crippen LogP contribution < -0.4 is 4.90 Å². The van der Waals surface area contributed by atoms with E-state index in [0.29, 0.717) is 12.2 Å². The van der Waals surface area contributed by atoms with E-state index in [0.717, 1.165) is 5.56 Å². The number of hydrogen-bond donors (Lipinski definition) is 0. The molecular weight excluding hydrogens is 232 g/mol. The average molecular weight is 248 g/mol. The van der Waals surface area contributed by atoms with Crippen molar-refractivity contribution < 1.29 is 14.4 Å². The van der Waals surface area contributed by atoms with Gasteiger partial charge in [-0.2, -0.15) is 0 Å². The third kappa shape index (κ3) is 3.35. The molecule has 0 aromatic heterocycles. The standard InChI is InChI=1S/C13H16N2O3/c1-4-9-15(13(16)17-2)12-8-6-5-7-11(12)10-14-18-3/h4-8,10H,1,9H2,2-3H3/b14-10+. The third-order valence-corrected chi connectivity index (χ3v) is 2.23. The first kappa shape index (κ1) is 13.8. The normalized spacial score (nSPS) is 10.1. The number of ether oxygens (including phenoxy) is 1. The number of benzene rings is 1. The minimum atomic E-state index is -0.451. The fraction of sp³-hybridized carbons (Fsp3) is 0.231. The van der Waals surface area contributed by atoms with Crippen LogP contribution in [0.4, 0.5) is 10.5 Å². The summed E-state index contributed by atoms with van der Waals surface area (Å²) < 4.78 is 4.74. The average Bonchev–Trinajstić information content (AvgIpc) is 2.42. The van der Waals surface area contributed by atoms with E-state index in [9.17, 15) is 4.79 Å². The number of oxime groups is 1. The summed E-state index contributed by atoms with van der Waals surface area (Å²) >= 11 is 0. The molecule has 96 valence electrons. The van der Waals surface area contributed by atoms with E-state index in [4.69, 9.17) is 4.74 Å². The lowest BCUT2D eigenvalue weighted by Gasteiger charge is -2.21. The summed E-state index contributed by atoms with van der Waals surface area (Å²) in [6.45, 7) is 3.98. The van der Waals surface area contributed by atoms with Crippen LogP contribution in [0.2, 0.25) is 0 Å². The van der Waals surface area contributed by atoms with Gasteiger partial charge in [0.25, 0.3) is 0 Å². The van der Waals surface area contributed by atoms with Gasteiger partial charge in [-0.25, -0.2) is 4.79 Å². The number of nitrogens with zero attached hydrogens (tertiary/aromatic N) is 2. The Kier molecular flexibility index (Phi) is 5.44. The molecule has 0 atom stereocenters. The largest absolute Gasteiger partial charge is 0.452 e. The lowest BCUT2D eigenvalue weighted by atomic mass is 10.2. The Bertz CT molecular complexity index is 444. The Morgan fingerprint density at radius 3 is 2.78 bits per heavy atom. The second kappa shape index (κ2) is 7.11. The predicted octanol–water partition coefficient (Wildman–Crippen LogP) is 2.43. The number of para-hydroxylation sites is 1. The van der Waals surface area contributed by atoms with Gasteiger partial charge in [-0.3, -0.25) is 4.90 Å². The van der Waals surface area contributed by atoms with E-state index < -0.39 is 6.09 Å². The molecule has 0 heterocycles. The SMILES string of the molecule is C=CCN(C(=O)OC)c1ccccc1/C=N/OC. The minimum absolute atomic E-state index is 0.352. The molecule has 0 saturated heterocycles. The topological polar surface area (TPSA) is 51.1 Å². The fourth-order valence-electron chi connectivity index (χ4n) is 1.46. The molecule has 0 radical (unpaired) electrons. The molecule has 0 unspecified atom stereocenters. The van der Waals surface area contributed by atoms with Gasteiger partial charge in [0.2, 0.25) is 0 Å². The molecule has 0 spiro atoms. The van der Waals surface area contributed by atoms with Crippen molar-refractivity contribution in [1.29, 1.82) is 0 Å². The molecule has 0 N–H and O–H groups in total. The summed E-state index contributed by atoms with van der Waals surface area (Å²) in [6.07, 6.45) is 2.71. The molecule has 0 aliphatic carbocycles. The van der Waals surface area contributed by atoms with Gasteiger partial charge >= 0.3 is 6.09 Å². The second-order valence-electron chi connectivity index (χ2n) is 3.35. The molecule has 1 aromatic carbocycles. The van der Waals surface area contributed by atoms with Crippen molar-refractivity contribution in [2.75, 3.05) is 25.7 Å². The van der Waals surface area contributed by atoms with Crippen molar-refractivity contribution >= 4 is 18.0 Å². The molecule has 0 saturated carbocycles. The molecule has 5 heteroatoms. The van der Waals surface area contributed by atoms with E-state index in [1.807, 2.05) is 18.2 Å². The maximum absolute atomic E-state index is 11.7. The van der Waals surface area contributed by atoms with E-state index in [1.54, 1.807) is 12.1 Å². The van der Waals surface area contributed by atoms with Gasteiger partial charge in [0, 0.05) is 12.1 Å². The minimum Gasteiger partial charge on any atom is -0.452 e. The van der Waals surface area contributed by atoms with Crippen LogP contribution in [0.15, 0.2) is 42.1 Å². The van der Waals surface area contributed by atoms with Crippen LogP contribution in [0.25, 0.3) is 0 Å². The summed E-state index contributed by atoms with van der Waals surface area (Å²) in [5.74, 6) is 0. The molecule has 1 rings (SSSR count). The Morgan fingerprint density at radius 2 is 2.17 bits per heavy atom. The second-order valence-corrected chi connectivity index (χ2v) is 3.35. The summed E-state index contributed by atoms with van der Waals surface area (Å²) in [4.78, 5) is 17.8. The third-order valence-electron chi connectivity index (χ3n) is 2.23. The van der Waals surface area contributed by atoms with Crippen LogP contribution in [-0.4, -0.2) is 33.1 Å². The monoisotopic (exact) mass is 248 g/mol. The number of anilines is 1. The number of rotatable bonds is 5. The Balaban J connectivity index is 3.14. The van der Waals surface area contributed by atoms with Crippen LogP contribution in [0.1, 0.15) is 5.56 Å². The van der Waals surface area contributed by atoms with E-state index in [-0.39, 0.29) is 0 Å². The summed E-state index contributed by atoms with van der Waals surface area (Å²) in [5, 5.41) is 3.70. The highest BCUT2D eigenvalue weighted by molar-refractivity contribution is 5.96. The van der Waals surface area contributed by atoms with Crippen LogP contribution in [0.5, 0.6) is 0 Å². The van der Waals surface area contributed by atoms with Gasteiger partial charge in [0.15, 0.2) is 0 Å². The van der Waals surface area contributed by atoms with Crippen molar-refractivity contribution in [3.8, 4) is 0 Å². The van der Waals surface area contributed by atoms with Gasteiger partial charge in [0.05, 0.1) is 19.0 Å². The first-order chi connectivity index (χ1) is 8.74. The summed E-state index contributed by atoms with van der Waals surface area (Å²) in [6, 6.07) is 7.32. The zero-order valence-corrected chi connectivity index (χ0v) is 10.5. The lowest BCUT2D eigenvalue weighted by Crippen LogP contribution is -2.31. The maximum atomic E-state index is 11.7. The molecule has 18 heavy (non-hydrogen) atoms. The van der Waals surface area contributed by atoms with Gasteiger partial charge in [0.1, 0.15) is 7.11 Å². The molecule has 0 bridgehead atoms. The molecule has 0 fully saturated rings. The quantitative estimate of drug-likeness (QED) is 0.457. The first-order valence-electron chi connectivity index (χ1n) is 5.36. The molecular formula is C13H16N2O3. The van der Waals surface area contributed by atoms with Crippen LogP contribution in [0.3, 0.4) is 0 Å². The number of carbonyl (C=O) groups excluding carboxylic acids is 1. The molecule has 1 amide bonds. The fourth-order valence-corrected chi connectivity index (χ4v) is 1.46. The molecule has 1 aromatic rings. The van der Waals surface area contributed by atoms with Crippen LogP contribution in [-0.2, 0) is 9.57 Å². The van der Waals surface area contributed by atoms with E-state index >= 15 is 0 Å². The van der Waals surface area contributed by atoms with E-state index in [2.05, 4.69) is 16.6 Å². The van der Waals surface area contributed by atoms with Crippen LogP contribution in [0, 0.1) is 0 Å². The highest BCUT2D eigenvalue weighted by atomic mass is 16.6. The number of methoxy groups -OCH3 is 1. The van der Waals surface area contributed by atoms with Crippen molar-refractivity contribution in [3.05, 3.63) is 42.5 Å². The van der Waals surface area contributed by atoms with Gasteiger partial charge in [-0.05, 0) is 6.07 Å². The number of hydrogen-bond acceptors (Lipinski definition) is 4. The highest BCUT2D eigenvalue weighted by Gasteiger charge is 2.16. The zero-order valence-electron chi connectivity index (χ0n) is 10.5. The van der Waals surface area contributed by atoms with Gasteiger partial charge < -0.3 is 9.57 Å². The maximum Gasteiger partial charge on any atom is 0.414 e. The smallest absolute Gasteiger partial charge is 0.414 e. The number of carbonyl (C=O) groups is 1. The first-order valence-corrected chi connectivity index (χ1v) is 5.36. The van der Waals surface area contributed by atoms with E-state index in [1.165, 1.54) is 25.3 Å². The lowest BCUT2D eigenvalue weighted by molar-refractivity contribution is 0.179. The van der Waals surface area contributed by atoms with Crippen molar-refractivity contribution in [1.82, 2.24) is 0 Å². The zero-order chi connectivity index (χ0) is 13.4. The molecule has 0 aliphatic heterocycles. The van der Waals surface area contributed by atoms with Gasteiger partial charge in [-0.1, -0.05) is 29.4 Å². The molecule has 5 nitrogen and oxygen atoms in total. The van der Waals surface area contributed by atoms with Crippen LogP contribution >= 0.6 is 0 Å². The Hall–Kier alpha value is -2.30. The Morgan fingerprint density at radius 1 is 1.44 bits per heavy atom. The van der Waals surface area contributed by atoms with Crippen molar-refractivity contribution in [2.45, 2.75) is 0 Å². The number of amides is 1. The summed E-state index contributed by atoms with van der Waals surface area (Å²) in [5.41, 5.74) is 1.44.